The van der Waals surface area contributed by atoms with Crippen molar-refractivity contribution in [2.45, 2.75) is 26.2 Å². The maximum Gasteiger partial charge on any atom is 0.333 e. The summed E-state index contributed by atoms with van der Waals surface area (Å²) < 4.78 is 13.4. The zero-order valence-corrected chi connectivity index (χ0v) is 17.9. The molecule has 1 aliphatic rings. The summed E-state index contributed by atoms with van der Waals surface area (Å²) in [5.74, 6) is -3.34. The van der Waals surface area contributed by atoms with Crippen LogP contribution in [0.1, 0.15) is 39.5 Å². The molecule has 9 heteroatoms. The zero-order chi connectivity index (χ0) is 23.9. The average molecular weight is 448 g/mol. The number of carbonyl (C=O) groups excluding carboxylic acids is 2. The minimum Gasteiger partial charge on any atom is -0.478 e. The molecule has 0 aliphatic carbocycles. The smallest absolute Gasteiger partial charge is 0.333 e. The van der Waals surface area contributed by atoms with Crippen LogP contribution in [-0.2, 0) is 9.59 Å². The number of nitrogens with one attached hydrogen (secondary N) is 1. The number of hydrogen-bond donors (Lipinski definition) is 3. The lowest BCUT2D eigenvalue weighted by molar-refractivity contribution is -0.133. The standard InChI is InChI=1S/C24H21FN4O4/c1-12-7-21(18(9-16(12)23(26)31)20-8-13(2)27-28-20)29-11-19(24(32)33)17(10-22(29)30)14-3-5-15(25)6-4-14/h3-9,11,17H,10H2,1-2H3,(H2,26,31)(H,27,28)(H,32,33)/t17-/m0/s1. The molecule has 3 aromatic rings. The van der Waals surface area contributed by atoms with Crippen LogP contribution in [-0.4, -0.2) is 33.1 Å². The number of primary amides is 1. The van der Waals surface area contributed by atoms with E-state index in [2.05, 4.69) is 10.2 Å². The third-order valence-corrected chi connectivity index (χ3v) is 5.67. The number of halogens is 1. The highest BCUT2D eigenvalue weighted by Crippen LogP contribution is 2.39. The van der Waals surface area contributed by atoms with Crippen LogP contribution < -0.4 is 10.6 Å². The number of hydrogen-bond acceptors (Lipinski definition) is 4. The topological polar surface area (TPSA) is 129 Å². The van der Waals surface area contributed by atoms with Gasteiger partial charge < -0.3 is 10.8 Å². The molecule has 8 nitrogen and oxygen atoms in total. The summed E-state index contributed by atoms with van der Waals surface area (Å²) in [5.41, 5.74) is 8.96. The first-order valence-corrected chi connectivity index (χ1v) is 10.1. The van der Waals surface area contributed by atoms with Crippen LogP contribution >= 0.6 is 0 Å². The van der Waals surface area contributed by atoms with E-state index in [4.69, 9.17) is 5.73 Å². The summed E-state index contributed by atoms with van der Waals surface area (Å²) in [6.45, 7) is 3.47. The summed E-state index contributed by atoms with van der Waals surface area (Å²) in [5, 5.41) is 16.9. The van der Waals surface area contributed by atoms with Gasteiger partial charge in [-0.25, -0.2) is 9.18 Å². The number of H-pyrrole nitrogens is 1. The van der Waals surface area contributed by atoms with Crippen molar-refractivity contribution in [1.82, 2.24) is 10.2 Å². The molecule has 2 aromatic carbocycles. The molecule has 4 rings (SSSR count). The Bertz CT molecular complexity index is 1310. The van der Waals surface area contributed by atoms with Crippen molar-refractivity contribution < 1.29 is 23.9 Å². The highest BCUT2D eigenvalue weighted by Gasteiger charge is 2.34. The highest BCUT2D eigenvalue weighted by atomic mass is 19.1. The maximum atomic E-state index is 13.4. The third kappa shape index (κ3) is 4.12. The highest BCUT2D eigenvalue weighted by molar-refractivity contribution is 6.06. The van der Waals surface area contributed by atoms with Gasteiger partial charge in [0.15, 0.2) is 0 Å². The third-order valence-electron chi connectivity index (χ3n) is 5.67. The Morgan fingerprint density at radius 1 is 1.18 bits per heavy atom. The van der Waals surface area contributed by atoms with Crippen molar-refractivity contribution in [3.63, 3.8) is 0 Å². The quantitative estimate of drug-likeness (QED) is 0.551. The van der Waals surface area contributed by atoms with E-state index in [0.717, 1.165) is 0 Å². The Labute approximate surface area is 188 Å². The molecule has 2 amide bonds. The first-order valence-electron chi connectivity index (χ1n) is 10.1. The number of nitrogens with zero attached hydrogens (tertiary/aromatic N) is 2. The van der Waals surface area contributed by atoms with Crippen LogP contribution in [0.25, 0.3) is 11.3 Å². The number of carboxylic acid groups (broad SMARTS) is 1. The van der Waals surface area contributed by atoms with E-state index in [0.29, 0.717) is 33.8 Å². The van der Waals surface area contributed by atoms with Crippen molar-refractivity contribution in [2.75, 3.05) is 4.90 Å². The molecule has 1 aromatic heterocycles. The summed E-state index contributed by atoms with van der Waals surface area (Å²) in [7, 11) is 0. The molecular weight excluding hydrogens is 427 g/mol. The summed E-state index contributed by atoms with van der Waals surface area (Å²) >= 11 is 0. The fraction of sp³-hybridized carbons (Fsp3) is 0.167. The van der Waals surface area contributed by atoms with Crippen molar-refractivity contribution in [2.24, 2.45) is 5.73 Å². The number of carboxylic acids is 1. The lowest BCUT2D eigenvalue weighted by Crippen LogP contribution is -2.34. The molecule has 0 fully saturated rings. The van der Waals surface area contributed by atoms with Crippen LogP contribution in [0.15, 0.2) is 54.2 Å². The van der Waals surface area contributed by atoms with Gasteiger partial charge in [-0.3, -0.25) is 19.6 Å². The minimum atomic E-state index is -1.19. The van der Waals surface area contributed by atoms with Crippen molar-refractivity contribution in [1.29, 1.82) is 0 Å². The monoisotopic (exact) mass is 448 g/mol. The Hall–Kier alpha value is -4.27. The van der Waals surface area contributed by atoms with E-state index in [9.17, 15) is 23.9 Å². The molecule has 0 spiro atoms. The number of rotatable bonds is 5. The van der Waals surface area contributed by atoms with E-state index in [1.54, 1.807) is 32.0 Å². The van der Waals surface area contributed by atoms with Gasteiger partial charge in [0.1, 0.15) is 5.82 Å². The Balaban J connectivity index is 1.88. The van der Waals surface area contributed by atoms with Gasteiger partial charge in [0.05, 0.1) is 22.6 Å². The van der Waals surface area contributed by atoms with Crippen LogP contribution in [0, 0.1) is 19.7 Å². The largest absolute Gasteiger partial charge is 0.478 e. The van der Waals surface area contributed by atoms with Gasteiger partial charge in [-0.1, -0.05) is 12.1 Å². The fourth-order valence-corrected chi connectivity index (χ4v) is 4.02. The number of nitrogens with two attached hydrogens (primary N) is 1. The van der Waals surface area contributed by atoms with Crippen molar-refractivity contribution in [3.8, 4) is 11.3 Å². The number of aliphatic carboxylic acids is 1. The van der Waals surface area contributed by atoms with Crippen molar-refractivity contribution in [3.05, 3.63) is 82.4 Å². The number of aromatic nitrogens is 2. The molecule has 168 valence electrons. The number of aryl methyl sites for hydroxylation is 2. The van der Waals surface area contributed by atoms with E-state index >= 15 is 0 Å². The molecule has 0 bridgehead atoms. The predicted molar refractivity (Wildman–Crippen MR) is 119 cm³/mol. The van der Waals surface area contributed by atoms with Crippen LogP contribution in [0.5, 0.6) is 0 Å². The molecule has 0 unspecified atom stereocenters. The second kappa shape index (κ2) is 8.34. The molecule has 0 saturated heterocycles. The Morgan fingerprint density at radius 3 is 2.45 bits per heavy atom. The number of amides is 2. The maximum absolute atomic E-state index is 13.4. The SMILES string of the molecule is Cc1cc(-c2cc(C(N)=O)c(C)cc2N2C=C(C(=O)O)[C@H](c3ccc(F)cc3)CC2=O)[nH]n1. The van der Waals surface area contributed by atoms with Gasteiger partial charge in [-0.15, -0.1) is 0 Å². The van der Waals surface area contributed by atoms with Crippen LogP contribution in [0.4, 0.5) is 10.1 Å². The molecule has 0 radical (unpaired) electrons. The predicted octanol–water partition coefficient (Wildman–Crippen LogP) is 3.42. The van der Waals surface area contributed by atoms with Gasteiger partial charge in [-0.2, -0.15) is 5.10 Å². The molecule has 4 N–H and O–H groups in total. The Kier molecular flexibility index (Phi) is 5.55. The molecule has 1 aliphatic heterocycles. The second-order valence-corrected chi connectivity index (χ2v) is 7.93. The van der Waals surface area contributed by atoms with E-state index < -0.39 is 23.6 Å². The van der Waals surface area contributed by atoms with Gasteiger partial charge in [0, 0.05) is 29.7 Å². The number of anilines is 1. The van der Waals surface area contributed by atoms with E-state index in [-0.39, 0.29) is 23.5 Å². The Morgan fingerprint density at radius 2 is 1.88 bits per heavy atom. The lowest BCUT2D eigenvalue weighted by Gasteiger charge is -2.31. The normalized spacial score (nSPS) is 16.0. The van der Waals surface area contributed by atoms with Gasteiger partial charge in [0.2, 0.25) is 11.8 Å². The zero-order valence-electron chi connectivity index (χ0n) is 17.9. The summed E-state index contributed by atoms with van der Waals surface area (Å²) in [6, 6.07) is 10.4. The van der Waals surface area contributed by atoms with E-state index in [1.165, 1.54) is 35.4 Å². The molecular formula is C24H21FN4O4. The lowest BCUT2D eigenvalue weighted by atomic mass is 9.85. The molecule has 1 atom stereocenters. The second-order valence-electron chi connectivity index (χ2n) is 7.93. The first kappa shape index (κ1) is 21.9. The van der Waals surface area contributed by atoms with Gasteiger partial charge in [0.25, 0.3) is 0 Å². The molecule has 33 heavy (non-hydrogen) atoms. The average Bonchev–Trinajstić information content (AvgIpc) is 3.19. The number of aromatic amines is 1. The summed E-state index contributed by atoms with van der Waals surface area (Å²) in [6.07, 6.45) is 1.16. The number of benzene rings is 2. The minimum absolute atomic E-state index is 0.00965. The van der Waals surface area contributed by atoms with E-state index in [1.807, 2.05) is 0 Å². The van der Waals surface area contributed by atoms with Crippen LogP contribution in [0.3, 0.4) is 0 Å². The van der Waals surface area contributed by atoms with Crippen molar-refractivity contribution >= 4 is 23.5 Å². The molecule has 2 heterocycles. The molecule has 0 saturated carbocycles. The summed E-state index contributed by atoms with van der Waals surface area (Å²) in [4.78, 5) is 38.5. The number of carbonyl (C=O) groups is 3. The van der Waals surface area contributed by atoms with Crippen LogP contribution in [0.2, 0.25) is 0 Å². The van der Waals surface area contributed by atoms with Gasteiger partial charge >= 0.3 is 5.97 Å². The van der Waals surface area contributed by atoms with Gasteiger partial charge in [-0.05, 0) is 55.3 Å². The fourth-order valence-electron chi connectivity index (χ4n) is 4.02. The first-order chi connectivity index (χ1) is 15.7.